The van der Waals surface area contributed by atoms with E-state index in [9.17, 15) is 14.0 Å². The maximum Gasteiger partial charge on any atom is 0.264 e. The van der Waals surface area contributed by atoms with Gasteiger partial charge in [-0.3, -0.25) is 9.59 Å². The molecule has 2 aromatic heterocycles. The minimum Gasteiger partial charge on any atom is -0.335 e. The van der Waals surface area contributed by atoms with E-state index in [0.717, 1.165) is 46.2 Å². The van der Waals surface area contributed by atoms with Crippen LogP contribution in [0.2, 0.25) is 5.02 Å². The molecule has 1 saturated carbocycles. The fraction of sp³-hybridized carbons (Fsp3) is 0.391. The molecule has 0 spiro atoms. The van der Waals surface area contributed by atoms with Crippen LogP contribution in [0.1, 0.15) is 55.9 Å². The number of fused-ring (bicyclic) bond motifs is 1. The van der Waals surface area contributed by atoms with Crippen LogP contribution in [-0.4, -0.2) is 57.8 Å². The van der Waals surface area contributed by atoms with E-state index in [1.807, 2.05) is 13.8 Å². The fourth-order valence-electron chi connectivity index (χ4n) is 4.18. The maximum absolute atomic E-state index is 13.3. The second-order valence-electron chi connectivity index (χ2n) is 8.39. The SMILES string of the molecule is Cc1nc(C2CC2)nc2sc(C(=O)N3CCN(C(=O)c4ccc(F)cc4Cl)CC3)c(C)c12. The molecule has 3 aromatic rings. The van der Waals surface area contributed by atoms with Crippen molar-refractivity contribution in [3.63, 3.8) is 0 Å². The highest BCUT2D eigenvalue weighted by Crippen LogP contribution is 2.40. The number of hydrogen-bond acceptors (Lipinski definition) is 5. The highest BCUT2D eigenvalue weighted by molar-refractivity contribution is 7.20. The van der Waals surface area contributed by atoms with E-state index < -0.39 is 5.82 Å². The Morgan fingerprint density at radius 2 is 1.72 bits per heavy atom. The van der Waals surface area contributed by atoms with Crippen molar-refractivity contribution in [3.8, 4) is 0 Å². The third-order valence-electron chi connectivity index (χ3n) is 6.14. The van der Waals surface area contributed by atoms with Crippen molar-refractivity contribution < 1.29 is 14.0 Å². The summed E-state index contributed by atoms with van der Waals surface area (Å²) in [5.41, 5.74) is 2.12. The first-order chi connectivity index (χ1) is 15.3. The van der Waals surface area contributed by atoms with Gasteiger partial charge in [-0.25, -0.2) is 14.4 Å². The molecule has 2 fully saturated rings. The van der Waals surface area contributed by atoms with Crippen molar-refractivity contribution in [1.29, 1.82) is 0 Å². The van der Waals surface area contributed by atoms with E-state index >= 15 is 0 Å². The predicted molar refractivity (Wildman–Crippen MR) is 122 cm³/mol. The van der Waals surface area contributed by atoms with E-state index in [1.165, 1.54) is 23.5 Å². The number of carbonyl (C=O) groups excluding carboxylic acids is 2. The fourth-order valence-corrected chi connectivity index (χ4v) is 5.63. The quantitative estimate of drug-likeness (QED) is 0.559. The number of rotatable bonds is 3. The summed E-state index contributed by atoms with van der Waals surface area (Å²) in [5.74, 6) is 0.579. The molecule has 6 nitrogen and oxygen atoms in total. The van der Waals surface area contributed by atoms with E-state index in [-0.39, 0.29) is 22.4 Å². The smallest absolute Gasteiger partial charge is 0.264 e. The molecule has 0 unspecified atom stereocenters. The van der Waals surface area contributed by atoms with Gasteiger partial charge in [-0.1, -0.05) is 11.6 Å². The molecule has 32 heavy (non-hydrogen) atoms. The van der Waals surface area contributed by atoms with Gasteiger partial charge >= 0.3 is 0 Å². The molecule has 1 aliphatic heterocycles. The molecular formula is C23H22ClFN4O2S. The molecule has 0 N–H and O–H groups in total. The summed E-state index contributed by atoms with van der Waals surface area (Å²) in [7, 11) is 0. The summed E-state index contributed by atoms with van der Waals surface area (Å²) in [6.45, 7) is 5.58. The zero-order valence-corrected chi connectivity index (χ0v) is 19.4. The first-order valence-corrected chi connectivity index (χ1v) is 11.8. The highest BCUT2D eigenvalue weighted by atomic mass is 35.5. The summed E-state index contributed by atoms with van der Waals surface area (Å²) >= 11 is 7.47. The van der Waals surface area contributed by atoms with Gasteiger partial charge in [0.1, 0.15) is 16.5 Å². The number of hydrogen-bond donors (Lipinski definition) is 0. The van der Waals surface area contributed by atoms with Crippen molar-refractivity contribution in [1.82, 2.24) is 19.8 Å². The van der Waals surface area contributed by atoms with Gasteiger partial charge in [0.25, 0.3) is 11.8 Å². The normalized spacial score (nSPS) is 16.6. The van der Waals surface area contributed by atoms with E-state index in [0.29, 0.717) is 37.0 Å². The second kappa shape index (κ2) is 8.08. The summed E-state index contributed by atoms with van der Waals surface area (Å²) in [6, 6.07) is 3.76. The van der Waals surface area contributed by atoms with Crippen molar-refractivity contribution in [2.24, 2.45) is 0 Å². The molecule has 1 aliphatic carbocycles. The van der Waals surface area contributed by atoms with Gasteiger partial charge in [0.2, 0.25) is 0 Å². The first-order valence-electron chi connectivity index (χ1n) is 10.6. The molecule has 3 heterocycles. The Hall–Kier alpha value is -2.58. The molecule has 9 heteroatoms. The Labute approximate surface area is 194 Å². The zero-order chi connectivity index (χ0) is 22.6. The predicted octanol–water partition coefficient (Wildman–Crippen LogP) is 4.58. The molecular weight excluding hydrogens is 451 g/mol. The molecule has 2 aliphatic rings. The lowest BCUT2D eigenvalue weighted by atomic mass is 10.1. The van der Waals surface area contributed by atoms with Crippen LogP contribution in [0.4, 0.5) is 4.39 Å². The zero-order valence-electron chi connectivity index (χ0n) is 17.8. The molecule has 2 amide bonds. The van der Waals surface area contributed by atoms with Crippen LogP contribution >= 0.6 is 22.9 Å². The average molecular weight is 473 g/mol. The van der Waals surface area contributed by atoms with Crippen molar-refractivity contribution in [2.45, 2.75) is 32.6 Å². The Morgan fingerprint density at radius 1 is 1.06 bits per heavy atom. The number of halogens is 2. The van der Waals surface area contributed by atoms with Crippen molar-refractivity contribution >= 4 is 45.0 Å². The third-order valence-corrected chi connectivity index (χ3v) is 7.63. The molecule has 1 saturated heterocycles. The van der Waals surface area contributed by atoms with Crippen molar-refractivity contribution in [3.05, 3.63) is 56.6 Å². The van der Waals surface area contributed by atoms with Crippen LogP contribution < -0.4 is 0 Å². The van der Waals surface area contributed by atoms with E-state index in [1.54, 1.807) is 9.80 Å². The van der Waals surface area contributed by atoms with Crippen LogP contribution in [0.3, 0.4) is 0 Å². The summed E-state index contributed by atoms with van der Waals surface area (Å²) in [6.07, 6.45) is 2.26. The van der Waals surface area contributed by atoms with Crippen LogP contribution in [0.5, 0.6) is 0 Å². The van der Waals surface area contributed by atoms with Gasteiger partial charge < -0.3 is 9.80 Å². The lowest BCUT2D eigenvalue weighted by Crippen LogP contribution is -2.50. The van der Waals surface area contributed by atoms with Gasteiger partial charge in [-0.05, 0) is 50.5 Å². The van der Waals surface area contributed by atoms with Crippen LogP contribution in [0.15, 0.2) is 18.2 Å². The number of aromatic nitrogens is 2. The third kappa shape index (κ3) is 3.75. The Kier molecular flexibility index (Phi) is 5.37. The minimum absolute atomic E-state index is 0.0372. The van der Waals surface area contributed by atoms with Crippen LogP contribution in [0, 0.1) is 19.7 Å². The van der Waals surface area contributed by atoms with Gasteiger partial charge in [-0.15, -0.1) is 11.3 Å². The van der Waals surface area contributed by atoms with E-state index in [4.69, 9.17) is 16.6 Å². The molecule has 5 rings (SSSR count). The molecule has 0 bridgehead atoms. The number of amides is 2. The molecule has 0 radical (unpaired) electrons. The van der Waals surface area contributed by atoms with Crippen molar-refractivity contribution in [2.75, 3.05) is 26.2 Å². The maximum atomic E-state index is 13.3. The number of aryl methyl sites for hydroxylation is 2. The molecule has 0 atom stereocenters. The average Bonchev–Trinajstić information content (AvgIpc) is 3.56. The Morgan fingerprint density at radius 3 is 2.34 bits per heavy atom. The summed E-state index contributed by atoms with van der Waals surface area (Å²) in [4.78, 5) is 40.5. The first kappa shape index (κ1) is 21.3. The Balaban J connectivity index is 1.32. The van der Waals surface area contributed by atoms with Gasteiger partial charge in [0.05, 0.1) is 21.2 Å². The lowest BCUT2D eigenvalue weighted by Gasteiger charge is -2.34. The van der Waals surface area contributed by atoms with Crippen LogP contribution in [0.25, 0.3) is 10.2 Å². The number of thiophene rings is 1. The standard InChI is InChI=1S/C23H22ClFN4O2S/c1-12-18-13(2)26-20(14-3-4-14)27-21(18)32-19(12)23(31)29-9-7-28(8-10-29)22(30)16-6-5-15(25)11-17(16)24/h5-6,11,14H,3-4,7-10H2,1-2H3. The number of piperazine rings is 1. The lowest BCUT2D eigenvalue weighted by molar-refractivity contribution is 0.0538. The molecule has 1 aromatic carbocycles. The van der Waals surface area contributed by atoms with Gasteiger partial charge in [0, 0.05) is 37.5 Å². The topological polar surface area (TPSA) is 66.4 Å². The molecule has 166 valence electrons. The Bertz CT molecular complexity index is 1250. The number of nitrogens with zero attached hydrogens (tertiary/aromatic N) is 4. The number of carbonyl (C=O) groups is 2. The van der Waals surface area contributed by atoms with E-state index in [2.05, 4.69) is 4.98 Å². The number of benzene rings is 1. The minimum atomic E-state index is -0.482. The largest absolute Gasteiger partial charge is 0.335 e. The summed E-state index contributed by atoms with van der Waals surface area (Å²) in [5, 5.41) is 1.07. The van der Waals surface area contributed by atoms with Gasteiger partial charge in [0.15, 0.2) is 0 Å². The summed E-state index contributed by atoms with van der Waals surface area (Å²) < 4.78 is 13.3. The second-order valence-corrected chi connectivity index (χ2v) is 9.79. The van der Waals surface area contributed by atoms with Gasteiger partial charge in [-0.2, -0.15) is 0 Å². The van der Waals surface area contributed by atoms with Crippen LogP contribution in [-0.2, 0) is 0 Å². The monoisotopic (exact) mass is 472 g/mol. The highest BCUT2D eigenvalue weighted by Gasteiger charge is 2.31.